The largest absolute Gasteiger partial charge is 0.496 e. The summed E-state index contributed by atoms with van der Waals surface area (Å²) in [5, 5.41) is 8.94. The molecule has 1 N–H and O–H groups in total. The Hall–Kier alpha value is -1.05. The molecule has 7 heteroatoms. The zero-order valence-electron chi connectivity index (χ0n) is 10.7. The van der Waals surface area contributed by atoms with Crippen LogP contribution >= 0.6 is 47.8 Å². The molecule has 0 unspecified atom stereocenters. The summed E-state index contributed by atoms with van der Waals surface area (Å²) in [7, 11) is 1.58. The Morgan fingerprint density at radius 1 is 0.952 bits per heavy atom. The van der Waals surface area contributed by atoms with Crippen molar-refractivity contribution in [3.8, 4) is 17.2 Å². The zero-order valence-corrected chi connectivity index (χ0v) is 15.5. The van der Waals surface area contributed by atoms with Gasteiger partial charge < -0.3 is 14.6 Å². The second-order valence-corrected chi connectivity index (χ2v) is 6.53. The molecule has 0 fully saturated rings. The van der Waals surface area contributed by atoms with E-state index in [1.807, 2.05) is 0 Å². The second-order valence-electron chi connectivity index (χ2n) is 3.97. The molecule has 0 aromatic heterocycles. The molecule has 0 saturated heterocycles. The maximum absolute atomic E-state index is 10.9. The van der Waals surface area contributed by atoms with E-state index >= 15 is 0 Å². The van der Waals surface area contributed by atoms with Crippen molar-refractivity contribution in [1.82, 2.24) is 0 Å². The van der Waals surface area contributed by atoms with E-state index in [9.17, 15) is 4.79 Å². The lowest BCUT2D eigenvalue weighted by Crippen LogP contribution is -1.96. The second kappa shape index (κ2) is 6.81. The number of ether oxygens (including phenoxy) is 2. The molecule has 0 aliphatic carbocycles. The number of benzene rings is 2. The number of rotatable bonds is 4. The summed E-state index contributed by atoms with van der Waals surface area (Å²) in [5.74, 6) is 0.773. The molecular weight excluding hydrogens is 472 g/mol. The first-order chi connectivity index (χ1) is 9.92. The minimum absolute atomic E-state index is 0.184. The standard InChI is InChI=1S/C14H9Br3O4/c1-20-12-5-10(17)13(6-9(12)16)21-11-3-2-7(14(18)19)4-8(11)15/h2-6H,1H3,(H,18,19). The van der Waals surface area contributed by atoms with Gasteiger partial charge in [-0.25, -0.2) is 4.79 Å². The lowest BCUT2D eigenvalue weighted by Gasteiger charge is -2.12. The van der Waals surface area contributed by atoms with Crippen LogP contribution in [0.5, 0.6) is 17.2 Å². The summed E-state index contributed by atoms with van der Waals surface area (Å²) in [6, 6.07) is 8.11. The third-order valence-corrected chi connectivity index (χ3v) is 4.46. The van der Waals surface area contributed by atoms with Crippen LogP contribution in [0.1, 0.15) is 10.4 Å². The molecule has 0 radical (unpaired) electrons. The highest BCUT2D eigenvalue weighted by atomic mass is 79.9. The van der Waals surface area contributed by atoms with Gasteiger partial charge in [0.15, 0.2) is 0 Å². The molecule has 0 bridgehead atoms. The van der Waals surface area contributed by atoms with Crippen molar-refractivity contribution in [1.29, 1.82) is 0 Å². The van der Waals surface area contributed by atoms with Gasteiger partial charge in [0, 0.05) is 0 Å². The van der Waals surface area contributed by atoms with E-state index in [1.54, 1.807) is 25.3 Å². The SMILES string of the molecule is COc1cc(Br)c(Oc2ccc(C(=O)O)cc2Br)cc1Br. The van der Waals surface area contributed by atoms with Crippen molar-refractivity contribution in [2.24, 2.45) is 0 Å². The number of aromatic carboxylic acids is 1. The number of hydrogen-bond acceptors (Lipinski definition) is 3. The van der Waals surface area contributed by atoms with Crippen LogP contribution in [0.25, 0.3) is 0 Å². The van der Waals surface area contributed by atoms with Crippen LogP contribution in [0.3, 0.4) is 0 Å². The average Bonchev–Trinajstić information content (AvgIpc) is 2.44. The van der Waals surface area contributed by atoms with Crippen molar-refractivity contribution >= 4 is 53.8 Å². The Balaban J connectivity index is 2.34. The van der Waals surface area contributed by atoms with E-state index in [2.05, 4.69) is 47.8 Å². The molecule has 2 aromatic rings. The predicted molar refractivity (Wildman–Crippen MR) is 89.6 cm³/mol. The molecule has 0 aliphatic rings. The van der Waals surface area contributed by atoms with Crippen LogP contribution in [0.4, 0.5) is 0 Å². The van der Waals surface area contributed by atoms with Crippen LogP contribution in [0.2, 0.25) is 0 Å². The quantitative estimate of drug-likeness (QED) is 0.630. The molecule has 0 amide bonds. The monoisotopic (exact) mass is 478 g/mol. The Bertz CT molecular complexity index is 701. The van der Waals surface area contributed by atoms with Crippen LogP contribution in [-0.2, 0) is 0 Å². The van der Waals surface area contributed by atoms with E-state index in [0.717, 1.165) is 8.95 Å². The van der Waals surface area contributed by atoms with Crippen LogP contribution < -0.4 is 9.47 Å². The van der Waals surface area contributed by atoms with Gasteiger partial charge in [0.25, 0.3) is 0 Å². The number of carboxylic acids is 1. The lowest BCUT2D eigenvalue weighted by atomic mass is 10.2. The van der Waals surface area contributed by atoms with Gasteiger partial charge >= 0.3 is 5.97 Å². The number of methoxy groups -OCH3 is 1. The molecule has 0 heterocycles. The molecule has 0 spiro atoms. The summed E-state index contributed by atoms with van der Waals surface area (Å²) in [4.78, 5) is 10.9. The summed E-state index contributed by atoms with van der Waals surface area (Å²) < 4.78 is 13.0. The molecule has 2 aromatic carbocycles. The maximum Gasteiger partial charge on any atom is 0.335 e. The summed E-state index contributed by atoms with van der Waals surface area (Å²) in [6.07, 6.45) is 0. The van der Waals surface area contributed by atoms with Gasteiger partial charge in [-0.2, -0.15) is 0 Å². The van der Waals surface area contributed by atoms with E-state index in [4.69, 9.17) is 14.6 Å². The summed E-state index contributed by atoms with van der Waals surface area (Å²) in [5.41, 5.74) is 0.184. The van der Waals surface area contributed by atoms with Crippen molar-refractivity contribution in [3.05, 3.63) is 49.3 Å². The molecular formula is C14H9Br3O4. The highest BCUT2D eigenvalue weighted by Crippen LogP contribution is 2.39. The molecule has 0 saturated carbocycles. The van der Waals surface area contributed by atoms with Crippen LogP contribution in [0, 0.1) is 0 Å². The van der Waals surface area contributed by atoms with Gasteiger partial charge in [-0.15, -0.1) is 0 Å². The molecule has 21 heavy (non-hydrogen) atoms. The number of carbonyl (C=O) groups is 1. The fraction of sp³-hybridized carbons (Fsp3) is 0.0714. The number of halogens is 3. The van der Waals surface area contributed by atoms with Gasteiger partial charge in [-0.05, 0) is 78.1 Å². The van der Waals surface area contributed by atoms with E-state index in [1.165, 1.54) is 12.1 Å². The smallest absolute Gasteiger partial charge is 0.335 e. The number of carboxylic acid groups (broad SMARTS) is 1. The van der Waals surface area contributed by atoms with Gasteiger partial charge in [0.2, 0.25) is 0 Å². The van der Waals surface area contributed by atoms with Crippen LogP contribution in [0.15, 0.2) is 43.7 Å². The normalized spacial score (nSPS) is 10.3. The Kier molecular flexibility index (Phi) is 5.29. The van der Waals surface area contributed by atoms with Crippen molar-refractivity contribution < 1.29 is 19.4 Å². The molecule has 0 atom stereocenters. The zero-order chi connectivity index (χ0) is 15.6. The third-order valence-electron chi connectivity index (χ3n) is 2.61. The van der Waals surface area contributed by atoms with Crippen LogP contribution in [-0.4, -0.2) is 18.2 Å². The minimum atomic E-state index is -0.990. The van der Waals surface area contributed by atoms with E-state index in [-0.39, 0.29) is 5.56 Å². The van der Waals surface area contributed by atoms with Gasteiger partial charge in [-0.3, -0.25) is 0 Å². The molecule has 4 nitrogen and oxygen atoms in total. The highest BCUT2D eigenvalue weighted by Gasteiger charge is 2.12. The fourth-order valence-electron chi connectivity index (χ4n) is 1.58. The topological polar surface area (TPSA) is 55.8 Å². The Labute approximate surface area is 146 Å². The summed E-state index contributed by atoms with van der Waals surface area (Å²) in [6.45, 7) is 0. The van der Waals surface area contributed by atoms with Crippen molar-refractivity contribution in [2.75, 3.05) is 7.11 Å². The lowest BCUT2D eigenvalue weighted by molar-refractivity contribution is 0.0697. The first-order valence-corrected chi connectivity index (χ1v) is 8.04. The Morgan fingerprint density at radius 3 is 2.10 bits per heavy atom. The Morgan fingerprint density at radius 2 is 1.52 bits per heavy atom. The van der Waals surface area contributed by atoms with Gasteiger partial charge in [-0.1, -0.05) is 0 Å². The first-order valence-electron chi connectivity index (χ1n) is 5.66. The summed E-state index contributed by atoms with van der Waals surface area (Å²) >= 11 is 10.1. The molecule has 110 valence electrons. The number of hydrogen-bond donors (Lipinski definition) is 1. The highest BCUT2D eigenvalue weighted by molar-refractivity contribution is 9.11. The van der Waals surface area contributed by atoms with Crippen molar-refractivity contribution in [2.45, 2.75) is 0 Å². The first kappa shape index (κ1) is 16.3. The fourth-order valence-corrected chi connectivity index (χ4v) is 2.93. The van der Waals surface area contributed by atoms with Crippen molar-refractivity contribution in [3.63, 3.8) is 0 Å². The van der Waals surface area contributed by atoms with E-state index in [0.29, 0.717) is 21.7 Å². The molecule has 0 aliphatic heterocycles. The maximum atomic E-state index is 10.9. The predicted octanol–water partition coefficient (Wildman–Crippen LogP) is 5.47. The third kappa shape index (κ3) is 3.78. The minimum Gasteiger partial charge on any atom is -0.496 e. The average molecular weight is 481 g/mol. The van der Waals surface area contributed by atoms with Gasteiger partial charge in [0.05, 0.1) is 26.1 Å². The molecule has 2 rings (SSSR count). The van der Waals surface area contributed by atoms with E-state index < -0.39 is 5.97 Å². The van der Waals surface area contributed by atoms with Gasteiger partial charge in [0.1, 0.15) is 17.2 Å².